The second-order valence-corrected chi connectivity index (χ2v) is 6.16. The van der Waals surface area contributed by atoms with Crippen LogP contribution in [-0.4, -0.2) is 25.7 Å². The van der Waals surface area contributed by atoms with Crippen LogP contribution in [0.25, 0.3) is 0 Å². The van der Waals surface area contributed by atoms with Crippen molar-refractivity contribution in [2.24, 2.45) is 5.92 Å². The number of hydrogen-bond acceptors (Lipinski definition) is 3. The lowest BCUT2D eigenvalue weighted by Crippen LogP contribution is -2.41. The zero-order valence-corrected chi connectivity index (χ0v) is 14.1. The summed E-state index contributed by atoms with van der Waals surface area (Å²) < 4.78 is 10.9. The lowest BCUT2D eigenvalue weighted by molar-refractivity contribution is 0.0909. The minimum absolute atomic E-state index is 0.0614. The summed E-state index contributed by atoms with van der Waals surface area (Å²) in [6.45, 7) is 4.25. The van der Waals surface area contributed by atoms with E-state index in [-0.39, 0.29) is 18.6 Å². The first kappa shape index (κ1) is 17.2. The van der Waals surface area contributed by atoms with Gasteiger partial charge >= 0.3 is 0 Å². The smallest absolute Gasteiger partial charge is 0.251 e. The van der Waals surface area contributed by atoms with Crippen molar-refractivity contribution in [2.75, 3.05) is 13.7 Å². The van der Waals surface area contributed by atoms with Gasteiger partial charge in [0.15, 0.2) is 11.5 Å². The molecule has 2 rings (SSSR count). The third-order valence-corrected chi connectivity index (χ3v) is 4.45. The number of methoxy groups -OCH3 is 1. The first-order valence-electron chi connectivity index (χ1n) is 8.12. The molecule has 1 fully saturated rings. The van der Waals surface area contributed by atoms with Gasteiger partial charge in [-0.3, -0.25) is 4.79 Å². The van der Waals surface area contributed by atoms with Crippen molar-refractivity contribution < 1.29 is 14.3 Å². The highest BCUT2D eigenvalue weighted by molar-refractivity contribution is 5.95. The normalized spacial score (nSPS) is 20.4. The summed E-state index contributed by atoms with van der Waals surface area (Å²) in [7, 11) is 1.56. The van der Waals surface area contributed by atoms with Gasteiger partial charge in [-0.2, -0.15) is 0 Å². The van der Waals surface area contributed by atoms with E-state index in [1.807, 2.05) is 13.0 Å². The van der Waals surface area contributed by atoms with Gasteiger partial charge in [-0.15, -0.1) is 6.42 Å². The van der Waals surface area contributed by atoms with Crippen molar-refractivity contribution >= 4 is 5.91 Å². The van der Waals surface area contributed by atoms with E-state index in [9.17, 15) is 4.79 Å². The maximum atomic E-state index is 12.6. The molecule has 1 saturated carbocycles. The van der Waals surface area contributed by atoms with Crippen LogP contribution in [0.2, 0.25) is 0 Å². The summed E-state index contributed by atoms with van der Waals surface area (Å²) in [5.41, 5.74) is 1.42. The van der Waals surface area contributed by atoms with Crippen LogP contribution in [0.3, 0.4) is 0 Å². The Morgan fingerprint density at radius 3 is 2.78 bits per heavy atom. The zero-order chi connectivity index (χ0) is 16.8. The summed E-state index contributed by atoms with van der Waals surface area (Å²) >= 11 is 0. The van der Waals surface area contributed by atoms with E-state index in [2.05, 4.69) is 18.2 Å². The van der Waals surface area contributed by atoms with Gasteiger partial charge in [0.1, 0.15) is 6.61 Å². The lowest BCUT2D eigenvalue weighted by Gasteiger charge is -2.29. The van der Waals surface area contributed by atoms with Crippen LogP contribution in [-0.2, 0) is 0 Å². The third kappa shape index (κ3) is 4.19. The summed E-state index contributed by atoms with van der Waals surface area (Å²) in [6.07, 6.45) is 9.88. The highest BCUT2D eigenvalue weighted by Crippen LogP contribution is 2.32. The van der Waals surface area contributed by atoms with E-state index < -0.39 is 0 Å². The molecule has 0 heterocycles. The van der Waals surface area contributed by atoms with E-state index in [1.165, 1.54) is 19.3 Å². The minimum atomic E-state index is -0.0614. The van der Waals surface area contributed by atoms with Crippen molar-refractivity contribution in [3.8, 4) is 23.8 Å². The molecule has 1 N–H and O–H groups in total. The molecule has 0 aliphatic heterocycles. The van der Waals surface area contributed by atoms with E-state index >= 15 is 0 Å². The monoisotopic (exact) mass is 315 g/mol. The Labute approximate surface area is 138 Å². The number of carbonyl (C=O) groups is 1. The predicted octanol–water partition coefficient (Wildman–Crippen LogP) is 3.32. The molecule has 4 nitrogen and oxygen atoms in total. The Bertz CT molecular complexity index is 603. The largest absolute Gasteiger partial charge is 0.493 e. The number of benzene rings is 1. The second kappa shape index (κ2) is 7.92. The second-order valence-electron chi connectivity index (χ2n) is 6.16. The van der Waals surface area contributed by atoms with Crippen LogP contribution in [0, 0.1) is 25.2 Å². The number of terminal acetylenes is 1. The molecule has 0 radical (unpaired) electrons. The van der Waals surface area contributed by atoms with Gasteiger partial charge < -0.3 is 14.8 Å². The van der Waals surface area contributed by atoms with Gasteiger partial charge in [-0.25, -0.2) is 0 Å². The SMILES string of the molecule is C#CCOc1c(C)cc(C(=O)NC2CCCCC2C)cc1OC. The van der Waals surface area contributed by atoms with Gasteiger partial charge in [0.05, 0.1) is 7.11 Å². The molecule has 23 heavy (non-hydrogen) atoms. The van der Waals surface area contributed by atoms with Crippen LogP contribution < -0.4 is 14.8 Å². The molecule has 1 aromatic carbocycles. The Balaban J connectivity index is 2.17. The van der Waals surface area contributed by atoms with E-state index in [1.54, 1.807) is 13.2 Å². The fraction of sp³-hybridized carbons (Fsp3) is 0.526. The first-order chi connectivity index (χ1) is 11.1. The van der Waals surface area contributed by atoms with Gasteiger partial charge in [0.2, 0.25) is 0 Å². The summed E-state index contributed by atoms with van der Waals surface area (Å²) in [6, 6.07) is 3.78. The number of hydrogen-bond donors (Lipinski definition) is 1. The molecule has 0 bridgehead atoms. The van der Waals surface area contributed by atoms with Crippen molar-refractivity contribution in [2.45, 2.75) is 45.6 Å². The highest BCUT2D eigenvalue weighted by atomic mass is 16.5. The van der Waals surface area contributed by atoms with Crippen molar-refractivity contribution in [3.05, 3.63) is 23.3 Å². The molecule has 1 amide bonds. The molecule has 4 heteroatoms. The topological polar surface area (TPSA) is 47.6 Å². The third-order valence-electron chi connectivity index (χ3n) is 4.45. The number of rotatable bonds is 5. The lowest BCUT2D eigenvalue weighted by atomic mass is 9.86. The van der Waals surface area contributed by atoms with Crippen molar-refractivity contribution in [3.63, 3.8) is 0 Å². The van der Waals surface area contributed by atoms with Crippen molar-refractivity contribution in [1.82, 2.24) is 5.32 Å². The van der Waals surface area contributed by atoms with E-state index in [0.29, 0.717) is 23.0 Å². The average Bonchev–Trinajstić information content (AvgIpc) is 2.55. The number of amides is 1. The predicted molar refractivity (Wildman–Crippen MR) is 90.9 cm³/mol. The molecule has 1 aliphatic rings. The Kier molecular flexibility index (Phi) is 5.92. The Morgan fingerprint density at radius 1 is 1.39 bits per heavy atom. The fourth-order valence-electron chi connectivity index (χ4n) is 3.11. The average molecular weight is 315 g/mol. The van der Waals surface area contributed by atoms with Gasteiger partial charge in [0.25, 0.3) is 5.91 Å². The maximum Gasteiger partial charge on any atom is 0.251 e. The summed E-state index contributed by atoms with van der Waals surface area (Å²) in [4.78, 5) is 12.6. The molecule has 0 aromatic heterocycles. The number of carbonyl (C=O) groups excluding carboxylic acids is 1. The maximum absolute atomic E-state index is 12.6. The molecule has 0 spiro atoms. The Morgan fingerprint density at radius 2 is 2.13 bits per heavy atom. The number of ether oxygens (including phenoxy) is 2. The molecule has 124 valence electrons. The number of aryl methyl sites for hydroxylation is 1. The fourth-order valence-corrected chi connectivity index (χ4v) is 3.11. The molecule has 2 unspecified atom stereocenters. The van der Waals surface area contributed by atoms with Crippen LogP contribution in [0.5, 0.6) is 11.5 Å². The number of nitrogens with one attached hydrogen (secondary N) is 1. The molecular weight excluding hydrogens is 290 g/mol. The molecular formula is C19H25NO3. The summed E-state index contributed by atoms with van der Waals surface area (Å²) in [5.74, 6) is 4.02. The van der Waals surface area contributed by atoms with Crippen molar-refractivity contribution in [1.29, 1.82) is 0 Å². The van der Waals surface area contributed by atoms with Gasteiger partial charge in [0, 0.05) is 11.6 Å². The first-order valence-corrected chi connectivity index (χ1v) is 8.12. The van der Waals surface area contributed by atoms with Crippen LogP contribution in [0.4, 0.5) is 0 Å². The van der Waals surface area contributed by atoms with E-state index in [0.717, 1.165) is 12.0 Å². The summed E-state index contributed by atoms with van der Waals surface area (Å²) in [5, 5.41) is 3.16. The standard InChI is InChI=1S/C19H25NO3/c1-5-10-23-18-14(3)11-15(12-17(18)22-4)19(21)20-16-9-7-6-8-13(16)2/h1,11-13,16H,6-10H2,2-4H3,(H,20,21). The van der Waals surface area contributed by atoms with Crippen LogP contribution >= 0.6 is 0 Å². The molecule has 1 aromatic rings. The molecule has 2 atom stereocenters. The van der Waals surface area contributed by atoms with Gasteiger partial charge in [-0.05, 0) is 43.4 Å². The quantitative estimate of drug-likeness (QED) is 0.848. The van der Waals surface area contributed by atoms with Crippen LogP contribution in [0.1, 0.15) is 48.5 Å². The van der Waals surface area contributed by atoms with E-state index in [4.69, 9.17) is 15.9 Å². The van der Waals surface area contributed by atoms with Gasteiger partial charge in [-0.1, -0.05) is 25.7 Å². The Hall–Kier alpha value is -2.15. The molecule has 1 aliphatic carbocycles. The minimum Gasteiger partial charge on any atom is -0.493 e. The van der Waals surface area contributed by atoms with Crippen LogP contribution in [0.15, 0.2) is 12.1 Å². The zero-order valence-electron chi connectivity index (χ0n) is 14.1. The molecule has 0 saturated heterocycles. The highest BCUT2D eigenvalue weighted by Gasteiger charge is 2.24.